The summed E-state index contributed by atoms with van der Waals surface area (Å²) in [6.07, 6.45) is 2.83. The Morgan fingerprint density at radius 3 is 2.62 bits per heavy atom. The molecule has 4 rings (SSSR count). The standard InChI is InChI=1S/C27H34N4O/c1-5-31-24-16-17-30(26(27(32)28-4)22-12-7-6-8-13-22)23(25(24)20(3)29-31)15-14-21-11-9-10-19(2)18-21/h6-13,18,23,26H,5,14-17H2,1-4H3,(H,28,32). The van der Waals surface area contributed by atoms with E-state index < -0.39 is 0 Å². The lowest BCUT2D eigenvalue weighted by molar-refractivity contribution is -0.127. The van der Waals surface area contributed by atoms with Crippen molar-refractivity contribution in [2.75, 3.05) is 13.6 Å². The van der Waals surface area contributed by atoms with Crippen LogP contribution in [0.25, 0.3) is 0 Å². The van der Waals surface area contributed by atoms with Crippen LogP contribution in [-0.4, -0.2) is 34.2 Å². The van der Waals surface area contributed by atoms with Gasteiger partial charge in [0, 0.05) is 43.9 Å². The first kappa shape index (κ1) is 22.3. The van der Waals surface area contributed by atoms with Gasteiger partial charge in [-0.3, -0.25) is 14.4 Å². The fourth-order valence-corrected chi connectivity index (χ4v) is 5.21. The number of carbonyl (C=O) groups excluding carboxylic acids is 1. The molecule has 0 aliphatic carbocycles. The van der Waals surface area contributed by atoms with Gasteiger partial charge in [-0.25, -0.2) is 0 Å². The Labute approximate surface area is 191 Å². The van der Waals surface area contributed by atoms with E-state index in [2.05, 4.69) is 72.1 Å². The molecule has 1 aliphatic heterocycles. The molecule has 0 saturated carbocycles. The van der Waals surface area contributed by atoms with Gasteiger partial charge in [0.2, 0.25) is 5.91 Å². The summed E-state index contributed by atoms with van der Waals surface area (Å²) in [6, 6.07) is 18.7. The number of nitrogens with zero attached hydrogens (tertiary/aromatic N) is 3. The summed E-state index contributed by atoms with van der Waals surface area (Å²) in [5, 5.41) is 7.77. The van der Waals surface area contributed by atoms with Gasteiger partial charge >= 0.3 is 0 Å². The molecule has 1 aromatic heterocycles. The predicted molar refractivity (Wildman–Crippen MR) is 129 cm³/mol. The molecular weight excluding hydrogens is 396 g/mol. The maximum atomic E-state index is 13.2. The second-order valence-corrected chi connectivity index (χ2v) is 8.72. The van der Waals surface area contributed by atoms with Crippen LogP contribution < -0.4 is 5.32 Å². The van der Waals surface area contributed by atoms with E-state index in [4.69, 9.17) is 5.10 Å². The molecular formula is C27H34N4O. The van der Waals surface area contributed by atoms with Crippen molar-refractivity contribution in [3.8, 4) is 0 Å². The number of hydrogen-bond acceptors (Lipinski definition) is 3. The molecule has 5 heteroatoms. The summed E-state index contributed by atoms with van der Waals surface area (Å²) in [4.78, 5) is 15.6. The number of hydrogen-bond donors (Lipinski definition) is 1. The third kappa shape index (κ3) is 4.35. The van der Waals surface area contributed by atoms with E-state index in [1.54, 1.807) is 7.05 Å². The van der Waals surface area contributed by atoms with Gasteiger partial charge < -0.3 is 5.32 Å². The van der Waals surface area contributed by atoms with Crippen LogP contribution in [0.4, 0.5) is 0 Å². The summed E-state index contributed by atoms with van der Waals surface area (Å²) in [5.74, 6) is 0.0424. The van der Waals surface area contributed by atoms with Crippen molar-refractivity contribution in [2.24, 2.45) is 0 Å². The Balaban J connectivity index is 1.75. The number of aromatic nitrogens is 2. The molecule has 0 spiro atoms. The van der Waals surface area contributed by atoms with E-state index >= 15 is 0 Å². The monoisotopic (exact) mass is 430 g/mol. The zero-order valence-corrected chi connectivity index (χ0v) is 19.6. The van der Waals surface area contributed by atoms with Crippen LogP contribution in [0.3, 0.4) is 0 Å². The normalized spacial score (nSPS) is 17.1. The van der Waals surface area contributed by atoms with Gasteiger partial charge in [-0.15, -0.1) is 0 Å². The van der Waals surface area contributed by atoms with Crippen molar-refractivity contribution in [1.82, 2.24) is 20.0 Å². The number of likely N-dealkylation sites (N-methyl/N-ethyl adjacent to an activating group) is 1. The maximum Gasteiger partial charge on any atom is 0.241 e. The maximum absolute atomic E-state index is 13.2. The number of aryl methyl sites for hydroxylation is 4. The Hall–Kier alpha value is -2.92. The highest BCUT2D eigenvalue weighted by atomic mass is 16.2. The minimum absolute atomic E-state index is 0.0424. The second-order valence-electron chi connectivity index (χ2n) is 8.72. The average molecular weight is 431 g/mol. The molecule has 168 valence electrons. The van der Waals surface area contributed by atoms with Crippen molar-refractivity contribution >= 4 is 5.91 Å². The first-order chi connectivity index (χ1) is 15.5. The van der Waals surface area contributed by atoms with Crippen molar-refractivity contribution in [3.05, 3.63) is 88.2 Å². The fraction of sp³-hybridized carbons (Fsp3) is 0.407. The molecule has 2 atom stereocenters. The minimum Gasteiger partial charge on any atom is -0.358 e. The number of rotatable bonds is 7. The van der Waals surface area contributed by atoms with Gasteiger partial charge in [-0.1, -0.05) is 60.2 Å². The topological polar surface area (TPSA) is 50.2 Å². The van der Waals surface area contributed by atoms with Gasteiger partial charge in [0.15, 0.2) is 0 Å². The van der Waals surface area contributed by atoms with Crippen LogP contribution in [0.15, 0.2) is 54.6 Å². The van der Waals surface area contributed by atoms with Gasteiger partial charge in [0.1, 0.15) is 6.04 Å². The Bertz CT molecular complexity index is 1070. The molecule has 2 heterocycles. The van der Waals surface area contributed by atoms with E-state index in [0.29, 0.717) is 0 Å². The third-order valence-electron chi connectivity index (χ3n) is 6.65. The zero-order chi connectivity index (χ0) is 22.7. The molecule has 3 aromatic rings. The number of amides is 1. The summed E-state index contributed by atoms with van der Waals surface area (Å²) in [6.45, 7) is 8.12. The molecule has 0 fully saturated rings. The highest BCUT2D eigenvalue weighted by Gasteiger charge is 2.38. The first-order valence-corrected chi connectivity index (χ1v) is 11.7. The first-order valence-electron chi connectivity index (χ1n) is 11.7. The molecule has 0 radical (unpaired) electrons. The van der Waals surface area contributed by atoms with Gasteiger partial charge in [0.05, 0.1) is 5.69 Å². The number of benzene rings is 2. The Kier molecular flexibility index (Phi) is 6.75. The van der Waals surface area contributed by atoms with Crippen molar-refractivity contribution in [3.63, 3.8) is 0 Å². The molecule has 5 nitrogen and oxygen atoms in total. The summed E-state index contributed by atoms with van der Waals surface area (Å²) in [5.41, 5.74) is 7.40. The third-order valence-corrected chi connectivity index (χ3v) is 6.65. The summed E-state index contributed by atoms with van der Waals surface area (Å²) in [7, 11) is 1.73. The SMILES string of the molecule is CCn1nc(C)c2c1CCN(C(C(=O)NC)c1ccccc1)C2CCc1cccc(C)c1. The quantitative estimate of drug-likeness (QED) is 0.599. The van der Waals surface area contributed by atoms with Crippen molar-refractivity contribution < 1.29 is 4.79 Å². The highest BCUT2D eigenvalue weighted by molar-refractivity contribution is 5.83. The van der Waals surface area contributed by atoms with Crippen LogP contribution in [0, 0.1) is 13.8 Å². The van der Waals surface area contributed by atoms with Gasteiger partial charge in [0.25, 0.3) is 0 Å². The van der Waals surface area contributed by atoms with E-state index in [1.807, 2.05) is 18.2 Å². The molecule has 0 saturated heterocycles. The average Bonchev–Trinajstić information content (AvgIpc) is 3.14. The van der Waals surface area contributed by atoms with Crippen molar-refractivity contribution in [1.29, 1.82) is 0 Å². The molecule has 0 bridgehead atoms. The lowest BCUT2D eigenvalue weighted by Gasteiger charge is -2.41. The molecule has 2 aromatic carbocycles. The predicted octanol–water partition coefficient (Wildman–Crippen LogP) is 4.54. The minimum atomic E-state index is -0.318. The summed E-state index contributed by atoms with van der Waals surface area (Å²) >= 11 is 0. The molecule has 1 aliphatic rings. The lowest BCUT2D eigenvalue weighted by atomic mass is 9.88. The van der Waals surface area contributed by atoms with E-state index in [9.17, 15) is 4.79 Å². The fourth-order valence-electron chi connectivity index (χ4n) is 5.21. The lowest BCUT2D eigenvalue weighted by Crippen LogP contribution is -2.45. The molecule has 1 N–H and O–H groups in total. The van der Waals surface area contributed by atoms with Gasteiger partial charge in [-0.05, 0) is 44.7 Å². The van der Waals surface area contributed by atoms with E-state index in [-0.39, 0.29) is 18.0 Å². The molecule has 2 unspecified atom stereocenters. The smallest absolute Gasteiger partial charge is 0.241 e. The Morgan fingerprint density at radius 2 is 1.94 bits per heavy atom. The van der Waals surface area contributed by atoms with Crippen LogP contribution in [-0.2, 0) is 24.2 Å². The van der Waals surface area contributed by atoms with Crippen molar-refractivity contribution in [2.45, 2.75) is 58.7 Å². The Morgan fingerprint density at radius 1 is 1.16 bits per heavy atom. The largest absolute Gasteiger partial charge is 0.358 e. The molecule has 1 amide bonds. The molecule has 32 heavy (non-hydrogen) atoms. The van der Waals surface area contributed by atoms with Crippen LogP contribution in [0.5, 0.6) is 0 Å². The van der Waals surface area contributed by atoms with Crippen LogP contribution in [0.2, 0.25) is 0 Å². The number of fused-ring (bicyclic) bond motifs is 1. The number of nitrogens with one attached hydrogen (secondary N) is 1. The van der Waals surface area contributed by atoms with Crippen LogP contribution in [0.1, 0.15) is 59.1 Å². The highest BCUT2D eigenvalue weighted by Crippen LogP contribution is 2.40. The van der Waals surface area contributed by atoms with Crippen LogP contribution >= 0.6 is 0 Å². The van der Waals surface area contributed by atoms with E-state index in [0.717, 1.165) is 43.6 Å². The zero-order valence-electron chi connectivity index (χ0n) is 19.6. The summed E-state index contributed by atoms with van der Waals surface area (Å²) < 4.78 is 2.15. The van der Waals surface area contributed by atoms with E-state index in [1.165, 1.54) is 22.4 Å². The van der Waals surface area contributed by atoms with Gasteiger partial charge in [-0.2, -0.15) is 5.10 Å². The second kappa shape index (κ2) is 9.70. The number of carbonyl (C=O) groups is 1.